The molecule has 2 N–H and O–H groups in total. The van der Waals surface area contributed by atoms with Gasteiger partial charge in [0, 0.05) is 46.8 Å². The highest BCUT2D eigenvalue weighted by atomic mass is 32.2. The average molecular weight is 548 g/mol. The lowest BCUT2D eigenvalue weighted by atomic mass is 9.85. The van der Waals surface area contributed by atoms with Gasteiger partial charge in [-0.3, -0.25) is 9.59 Å². The van der Waals surface area contributed by atoms with E-state index in [-0.39, 0.29) is 24.3 Å². The molecule has 1 saturated carbocycles. The molecule has 3 aromatic rings. The summed E-state index contributed by atoms with van der Waals surface area (Å²) in [6.07, 6.45) is 7.02. The topological polar surface area (TPSA) is 83.7 Å². The van der Waals surface area contributed by atoms with Crippen LogP contribution in [0.25, 0.3) is 0 Å². The minimum atomic E-state index is -0.316. The number of H-pyrrole nitrogens is 1. The molecule has 7 nitrogen and oxygen atoms in total. The number of benzene rings is 2. The van der Waals surface area contributed by atoms with Crippen molar-refractivity contribution in [1.82, 2.24) is 15.2 Å². The van der Waals surface area contributed by atoms with Crippen LogP contribution in [0.4, 0.5) is 0 Å². The number of likely N-dealkylation sites (N-methyl/N-ethyl adjacent to an activating group) is 1. The molecule has 2 aromatic carbocycles. The Morgan fingerprint density at radius 2 is 1.79 bits per heavy atom. The number of carbonyl (C=O) groups is 1. The molecular weight excluding hydrogens is 510 g/mol. The van der Waals surface area contributed by atoms with E-state index in [0.717, 1.165) is 49.2 Å². The lowest BCUT2D eigenvalue weighted by molar-refractivity contribution is -0.0259. The lowest BCUT2D eigenvalue weighted by Crippen LogP contribution is -2.40. The molecular formula is C31H37N3O4S. The van der Waals surface area contributed by atoms with E-state index in [0.29, 0.717) is 34.6 Å². The van der Waals surface area contributed by atoms with Crippen molar-refractivity contribution in [3.63, 3.8) is 0 Å². The third-order valence-corrected chi connectivity index (χ3v) is 8.72. The van der Waals surface area contributed by atoms with E-state index in [4.69, 9.17) is 9.47 Å². The molecule has 206 valence electrons. The van der Waals surface area contributed by atoms with E-state index >= 15 is 0 Å². The van der Waals surface area contributed by atoms with Crippen LogP contribution < -0.4 is 20.3 Å². The first-order chi connectivity index (χ1) is 18.9. The largest absolute Gasteiger partial charge is 0.451 e. The molecule has 0 saturated heterocycles. The van der Waals surface area contributed by atoms with Crippen molar-refractivity contribution in [2.45, 2.75) is 62.8 Å². The molecule has 1 aliphatic heterocycles. The van der Waals surface area contributed by atoms with E-state index < -0.39 is 0 Å². The Bertz CT molecular complexity index is 1350. The summed E-state index contributed by atoms with van der Waals surface area (Å²) in [6.45, 7) is 3.06. The van der Waals surface area contributed by atoms with Gasteiger partial charge in [-0.1, -0.05) is 30.3 Å². The maximum atomic E-state index is 12.9. The van der Waals surface area contributed by atoms with Crippen LogP contribution in [0.2, 0.25) is 0 Å². The van der Waals surface area contributed by atoms with Crippen LogP contribution in [0.3, 0.4) is 0 Å². The monoisotopic (exact) mass is 547 g/mol. The van der Waals surface area contributed by atoms with Gasteiger partial charge in [0.05, 0.1) is 0 Å². The van der Waals surface area contributed by atoms with E-state index in [1.54, 1.807) is 18.2 Å². The molecule has 0 spiro atoms. The van der Waals surface area contributed by atoms with Crippen molar-refractivity contribution in [2.24, 2.45) is 5.92 Å². The summed E-state index contributed by atoms with van der Waals surface area (Å²) in [5.41, 5.74) is 3.04. The summed E-state index contributed by atoms with van der Waals surface area (Å²) < 4.78 is 12.3. The Morgan fingerprint density at radius 1 is 1.05 bits per heavy atom. The van der Waals surface area contributed by atoms with E-state index in [1.807, 2.05) is 19.2 Å². The Hall–Kier alpha value is -3.23. The van der Waals surface area contributed by atoms with Crippen molar-refractivity contribution < 1.29 is 14.3 Å². The standard InChI is InChI=1S/C31H37N3O4S/c1-20-17-28(39-3)25(30(36)33-20)19-32-29(35)23-11-14-26-27(18-23)38-31(37-26)22-9-12-24(13-10-22)34(2)16-15-21-7-5-4-6-8-21/h4-8,11,14,17-18,22,24,31H,9-10,12-13,15-16,19H2,1-3H3,(H,32,35)(H,33,36)/t22-,24-,31?. The predicted octanol–water partition coefficient (Wildman–Crippen LogP) is 5.17. The Kier molecular flexibility index (Phi) is 8.63. The molecule has 2 aliphatic rings. The zero-order valence-corrected chi connectivity index (χ0v) is 23.7. The smallest absolute Gasteiger partial charge is 0.254 e. The molecule has 1 amide bonds. The van der Waals surface area contributed by atoms with E-state index in [1.165, 1.54) is 17.3 Å². The van der Waals surface area contributed by atoms with Crippen LogP contribution in [0.5, 0.6) is 11.5 Å². The number of aromatic nitrogens is 1. The van der Waals surface area contributed by atoms with Crippen LogP contribution in [0.15, 0.2) is 64.3 Å². The van der Waals surface area contributed by atoms with Crippen molar-refractivity contribution in [2.75, 3.05) is 19.8 Å². The van der Waals surface area contributed by atoms with Gasteiger partial charge in [0.2, 0.25) is 6.29 Å². The molecule has 5 rings (SSSR count). The number of aromatic amines is 1. The number of fused-ring (bicyclic) bond motifs is 1. The highest BCUT2D eigenvalue weighted by Crippen LogP contribution is 2.41. The van der Waals surface area contributed by atoms with Crippen molar-refractivity contribution in [3.05, 3.63) is 87.3 Å². The van der Waals surface area contributed by atoms with E-state index in [2.05, 4.69) is 52.6 Å². The third kappa shape index (κ3) is 6.50. The van der Waals surface area contributed by atoms with Gasteiger partial charge in [0.15, 0.2) is 11.5 Å². The zero-order chi connectivity index (χ0) is 27.4. The molecule has 8 heteroatoms. The minimum Gasteiger partial charge on any atom is -0.451 e. The average Bonchev–Trinajstić information content (AvgIpc) is 3.39. The normalized spacial score (nSPS) is 20.3. The number of nitrogens with one attached hydrogen (secondary N) is 2. The SMILES string of the molecule is CSc1cc(C)[nH]c(=O)c1CNC(=O)c1ccc2c(c1)OC([C@H]1CC[C@H](N(C)CCc3ccccc3)CC1)O2. The summed E-state index contributed by atoms with van der Waals surface area (Å²) in [5.74, 6) is 1.36. The molecule has 39 heavy (non-hydrogen) atoms. The van der Waals surface area contributed by atoms with Crippen molar-refractivity contribution in [1.29, 1.82) is 0 Å². The van der Waals surface area contributed by atoms with Gasteiger partial charge in [-0.15, -0.1) is 11.8 Å². The number of ether oxygens (including phenoxy) is 2. The molecule has 1 atom stereocenters. The van der Waals surface area contributed by atoms with Gasteiger partial charge in [-0.05, 0) is 82.2 Å². The van der Waals surface area contributed by atoms with Crippen LogP contribution in [0, 0.1) is 12.8 Å². The molecule has 1 fully saturated rings. The summed E-state index contributed by atoms with van der Waals surface area (Å²) in [5, 5.41) is 2.88. The van der Waals surface area contributed by atoms with Gasteiger partial charge in [-0.25, -0.2) is 0 Å². The van der Waals surface area contributed by atoms with Crippen LogP contribution >= 0.6 is 11.8 Å². The molecule has 1 aliphatic carbocycles. The highest BCUT2D eigenvalue weighted by Gasteiger charge is 2.36. The number of thioether (sulfide) groups is 1. The first kappa shape index (κ1) is 27.3. The number of aryl methyl sites for hydroxylation is 1. The molecule has 1 unspecified atom stereocenters. The second kappa shape index (κ2) is 12.3. The fraction of sp³-hybridized carbons (Fsp3) is 0.419. The van der Waals surface area contributed by atoms with Crippen molar-refractivity contribution in [3.8, 4) is 11.5 Å². The number of carbonyl (C=O) groups excluding carboxylic acids is 1. The Labute approximate surface area is 234 Å². The Balaban J connectivity index is 1.12. The van der Waals surface area contributed by atoms with Gasteiger partial charge >= 0.3 is 0 Å². The quantitative estimate of drug-likeness (QED) is 0.360. The van der Waals surface area contributed by atoms with Gasteiger partial charge < -0.3 is 24.7 Å². The number of hydrogen-bond donors (Lipinski definition) is 2. The van der Waals surface area contributed by atoms with Crippen molar-refractivity contribution >= 4 is 17.7 Å². The molecule has 2 heterocycles. The number of nitrogens with zero attached hydrogens (tertiary/aromatic N) is 1. The van der Waals surface area contributed by atoms with E-state index in [9.17, 15) is 9.59 Å². The number of amides is 1. The summed E-state index contributed by atoms with van der Waals surface area (Å²) in [7, 11) is 2.23. The maximum Gasteiger partial charge on any atom is 0.254 e. The first-order valence-corrected chi connectivity index (χ1v) is 14.9. The second-order valence-electron chi connectivity index (χ2n) is 10.6. The zero-order valence-electron chi connectivity index (χ0n) is 22.9. The van der Waals surface area contributed by atoms with Gasteiger partial charge in [-0.2, -0.15) is 0 Å². The molecule has 1 aromatic heterocycles. The molecule has 0 radical (unpaired) electrons. The fourth-order valence-electron chi connectivity index (χ4n) is 5.56. The van der Waals surface area contributed by atoms with Crippen LogP contribution in [0.1, 0.15) is 52.9 Å². The number of rotatable bonds is 9. The summed E-state index contributed by atoms with van der Waals surface area (Å²) in [4.78, 5) is 31.5. The fourth-order valence-corrected chi connectivity index (χ4v) is 6.27. The number of pyridine rings is 1. The Morgan fingerprint density at radius 3 is 2.54 bits per heavy atom. The lowest BCUT2D eigenvalue weighted by Gasteiger charge is -2.35. The van der Waals surface area contributed by atoms with Gasteiger partial charge in [0.1, 0.15) is 0 Å². The van der Waals surface area contributed by atoms with Gasteiger partial charge in [0.25, 0.3) is 11.5 Å². The summed E-state index contributed by atoms with van der Waals surface area (Å²) in [6, 6.07) is 18.4. The maximum absolute atomic E-state index is 12.9. The third-order valence-electron chi connectivity index (χ3n) is 7.91. The highest BCUT2D eigenvalue weighted by molar-refractivity contribution is 7.98. The number of hydrogen-bond acceptors (Lipinski definition) is 6. The van der Waals surface area contributed by atoms with Crippen LogP contribution in [-0.4, -0.2) is 48.0 Å². The molecule has 0 bridgehead atoms. The summed E-state index contributed by atoms with van der Waals surface area (Å²) >= 11 is 1.49. The minimum absolute atomic E-state index is 0.157. The predicted molar refractivity (Wildman–Crippen MR) is 155 cm³/mol. The van der Waals surface area contributed by atoms with Crippen LogP contribution in [-0.2, 0) is 13.0 Å². The first-order valence-electron chi connectivity index (χ1n) is 13.7. The second-order valence-corrected chi connectivity index (χ2v) is 11.4.